The summed E-state index contributed by atoms with van der Waals surface area (Å²) in [5.41, 5.74) is 0. The van der Waals surface area contributed by atoms with Crippen LogP contribution in [0.5, 0.6) is 5.75 Å². The molecular weight excluding hydrogens is 248 g/mol. The van der Waals surface area contributed by atoms with Crippen LogP contribution in [-0.4, -0.2) is 41.7 Å². The van der Waals surface area contributed by atoms with Crippen molar-refractivity contribution in [2.24, 2.45) is 0 Å². The summed E-state index contributed by atoms with van der Waals surface area (Å²) < 4.78 is 5.38. The SMILES string of the molecule is CNc1ncnc(NC2CCC(SC)C2)c1OC. The van der Waals surface area contributed by atoms with Gasteiger partial charge in [-0.15, -0.1) is 0 Å². The fourth-order valence-electron chi connectivity index (χ4n) is 2.33. The smallest absolute Gasteiger partial charge is 0.204 e. The van der Waals surface area contributed by atoms with Gasteiger partial charge in [0.05, 0.1) is 7.11 Å². The molecule has 1 aliphatic rings. The molecule has 5 nitrogen and oxygen atoms in total. The number of aromatic nitrogens is 2. The van der Waals surface area contributed by atoms with Gasteiger partial charge in [0.2, 0.25) is 5.75 Å². The first-order chi connectivity index (χ1) is 8.78. The van der Waals surface area contributed by atoms with Crippen molar-refractivity contribution in [1.82, 2.24) is 9.97 Å². The molecule has 1 fully saturated rings. The van der Waals surface area contributed by atoms with E-state index in [2.05, 4.69) is 26.9 Å². The number of nitrogens with zero attached hydrogens (tertiary/aromatic N) is 2. The monoisotopic (exact) mass is 268 g/mol. The van der Waals surface area contributed by atoms with E-state index in [9.17, 15) is 0 Å². The third-order valence-electron chi connectivity index (χ3n) is 3.30. The second-order valence-electron chi connectivity index (χ2n) is 4.37. The molecule has 0 saturated heterocycles. The number of methoxy groups -OCH3 is 1. The third-order valence-corrected chi connectivity index (χ3v) is 4.40. The summed E-state index contributed by atoms with van der Waals surface area (Å²) in [4.78, 5) is 8.42. The number of ether oxygens (including phenoxy) is 1. The second-order valence-corrected chi connectivity index (χ2v) is 5.50. The highest BCUT2D eigenvalue weighted by atomic mass is 32.2. The Kier molecular flexibility index (Phi) is 4.52. The standard InChI is InChI=1S/C12H20N4OS/c1-13-11-10(17-2)12(15-7-14-11)16-8-4-5-9(6-8)18-3/h7-9H,4-6H2,1-3H3,(H2,13,14,15,16). The maximum absolute atomic E-state index is 5.38. The molecule has 2 rings (SSSR count). The van der Waals surface area contributed by atoms with E-state index in [1.165, 1.54) is 19.3 Å². The summed E-state index contributed by atoms with van der Waals surface area (Å²) >= 11 is 1.95. The molecule has 1 aliphatic carbocycles. The van der Waals surface area contributed by atoms with Crippen molar-refractivity contribution in [3.63, 3.8) is 0 Å². The van der Waals surface area contributed by atoms with E-state index in [-0.39, 0.29) is 0 Å². The van der Waals surface area contributed by atoms with Crippen LogP contribution in [0.15, 0.2) is 6.33 Å². The molecule has 0 amide bonds. The minimum Gasteiger partial charge on any atom is -0.490 e. The summed E-state index contributed by atoms with van der Waals surface area (Å²) in [5.74, 6) is 2.19. The Morgan fingerprint density at radius 1 is 1.33 bits per heavy atom. The van der Waals surface area contributed by atoms with Gasteiger partial charge in [-0.2, -0.15) is 11.8 Å². The van der Waals surface area contributed by atoms with Gasteiger partial charge >= 0.3 is 0 Å². The summed E-state index contributed by atoms with van der Waals surface area (Å²) in [6, 6.07) is 0.482. The summed E-state index contributed by atoms with van der Waals surface area (Å²) in [7, 11) is 3.47. The third kappa shape index (κ3) is 2.80. The zero-order valence-corrected chi connectivity index (χ0v) is 11.9. The largest absolute Gasteiger partial charge is 0.490 e. The van der Waals surface area contributed by atoms with E-state index < -0.39 is 0 Å². The van der Waals surface area contributed by atoms with Crippen LogP contribution in [0.1, 0.15) is 19.3 Å². The number of hydrogen-bond acceptors (Lipinski definition) is 6. The normalized spacial score (nSPS) is 22.8. The first-order valence-electron chi connectivity index (χ1n) is 6.14. The average Bonchev–Trinajstić information content (AvgIpc) is 2.86. The predicted octanol–water partition coefficient (Wildman–Crippen LogP) is 2.22. The number of thioether (sulfide) groups is 1. The zero-order valence-electron chi connectivity index (χ0n) is 11.1. The number of rotatable bonds is 5. The molecule has 6 heteroatoms. The highest BCUT2D eigenvalue weighted by Crippen LogP contribution is 2.34. The van der Waals surface area contributed by atoms with Gasteiger partial charge in [-0.1, -0.05) is 0 Å². The van der Waals surface area contributed by atoms with E-state index in [4.69, 9.17) is 4.74 Å². The van der Waals surface area contributed by atoms with Crippen LogP contribution in [0, 0.1) is 0 Å². The number of nitrogens with one attached hydrogen (secondary N) is 2. The molecule has 100 valence electrons. The van der Waals surface area contributed by atoms with Crippen molar-refractivity contribution in [3.8, 4) is 5.75 Å². The molecule has 0 spiro atoms. The zero-order chi connectivity index (χ0) is 13.0. The van der Waals surface area contributed by atoms with Crippen molar-refractivity contribution in [3.05, 3.63) is 6.33 Å². The van der Waals surface area contributed by atoms with Gasteiger partial charge in [0, 0.05) is 18.3 Å². The Bertz CT molecular complexity index is 402. The fraction of sp³-hybridized carbons (Fsp3) is 0.667. The average molecular weight is 268 g/mol. The Morgan fingerprint density at radius 3 is 2.72 bits per heavy atom. The quantitative estimate of drug-likeness (QED) is 0.854. The molecule has 0 bridgehead atoms. The molecule has 1 saturated carbocycles. The molecule has 0 radical (unpaired) electrons. The van der Waals surface area contributed by atoms with E-state index in [0.717, 1.165) is 16.9 Å². The maximum atomic E-state index is 5.38. The number of hydrogen-bond donors (Lipinski definition) is 2. The molecule has 2 unspecified atom stereocenters. The highest BCUT2D eigenvalue weighted by Gasteiger charge is 2.25. The molecule has 18 heavy (non-hydrogen) atoms. The van der Waals surface area contributed by atoms with Crippen molar-refractivity contribution >= 4 is 23.4 Å². The summed E-state index contributed by atoms with van der Waals surface area (Å²) in [5, 5.41) is 7.24. The molecule has 2 N–H and O–H groups in total. The van der Waals surface area contributed by atoms with Gasteiger partial charge in [-0.3, -0.25) is 0 Å². The molecule has 2 atom stereocenters. The second kappa shape index (κ2) is 6.13. The minimum absolute atomic E-state index is 0.482. The molecule has 1 aromatic heterocycles. The van der Waals surface area contributed by atoms with E-state index in [1.807, 2.05) is 18.8 Å². The van der Waals surface area contributed by atoms with Crippen LogP contribution in [0.3, 0.4) is 0 Å². The first-order valence-corrected chi connectivity index (χ1v) is 7.43. The van der Waals surface area contributed by atoms with Crippen LogP contribution < -0.4 is 15.4 Å². The topological polar surface area (TPSA) is 59.1 Å². The van der Waals surface area contributed by atoms with Crippen molar-refractivity contribution < 1.29 is 4.74 Å². The van der Waals surface area contributed by atoms with Gasteiger partial charge in [-0.05, 0) is 25.5 Å². The van der Waals surface area contributed by atoms with Crippen LogP contribution in [0.4, 0.5) is 11.6 Å². The Labute approximate surface area is 112 Å². The Hall–Kier alpha value is -1.17. The predicted molar refractivity (Wildman–Crippen MR) is 76.7 cm³/mol. The van der Waals surface area contributed by atoms with Crippen LogP contribution >= 0.6 is 11.8 Å². The molecule has 0 aliphatic heterocycles. The fourth-order valence-corrected chi connectivity index (χ4v) is 3.12. The van der Waals surface area contributed by atoms with E-state index in [0.29, 0.717) is 11.8 Å². The maximum Gasteiger partial charge on any atom is 0.204 e. The molecular formula is C12H20N4OS. The van der Waals surface area contributed by atoms with E-state index >= 15 is 0 Å². The summed E-state index contributed by atoms with van der Waals surface area (Å²) in [6.07, 6.45) is 7.37. The minimum atomic E-state index is 0.482. The summed E-state index contributed by atoms with van der Waals surface area (Å²) in [6.45, 7) is 0. The van der Waals surface area contributed by atoms with Crippen molar-refractivity contribution in [1.29, 1.82) is 0 Å². The van der Waals surface area contributed by atoms with Gasteiger partial charge in [0.1, 0.15) is 6.33 Å². The first kappa shape index (κ1) is 13.3. The van der Waals surface area contributed by atoms with Gasteiger partial charge in [0.25, 0.3) is 0 Å². The molecule has 1 aromatic rings. The Morgan fingerprint density at radius 2 is 2.11 bits per heavy atom. The lowest BCUT2D eigenvalue weighted by molar-refractivity contribution is 0.414. The van der Waals surface area contributed by atoms with Crippen molar-refractivity contribution in [2.75, 3.05) is 31.0 Å². The highest BCUT2D eigenvalue weighted by molar-refractivity contribution is 7.99. The Balaban J connectivity index is 2.09. The van der Waals surface area contributed by atoms with Gasteiger partial charge in [0.15, 0.2) is 11.6 Å². The molecule has 0 aromatic carbocycles. The van der Waals surface area contributed by atoms with Crippen LogP contribution in [0.25, 0.3) is 0 Å². The van der Waals surface area contributed by atoms with E-state index in [1.54, 1.807) is 13.4 Å². The van der Waals surface area contributed by atoms with Crippen molar-refractivity contribution in [2.45, 2.75) is 30.6 Å². The van der Waals surface area contributed by atoms with Crippen LogP contribution in [-0.2, 0) is 0 Å². The molecule has 1 heterocycles. The lowest BCUT2D eigenvalue weighted by Gasteiger charge is -2.17. The van der Waals surface area contributed by atoms with Crippen LogP contribution in [0.2, 0.25) is 0 Å². The lowest BCUT2D eigenvalue weighted by atomic mass is 10.2. The van der Waals surface area contributed by atoms with Gasteiger partial charge in [-0.25, -0.2) is 9.97 Å². The number of anilines is 2. The lowest BCUT2D eigenvalue weighted by Crippen LogP contribution is -2.18. The van der Waals surface area contributed by atoms with Gasteiger partial charge < -0.3 is 15.4 Å².